The highest BCUT2D eigenvalue weighted by Crippen LogP contribution is 2.13. The normalized spacial score (nSPS) is 9.77. The summed E-state index contributed by atoms with van der Waals surface area (Å²) in [6.45, 7) is 4.07. The summed E-state index contributed by atoms with van der Waals surface area (Å²) in [4.78, 5) is 11.2. The van der Waals surface area contributed by atoms with Gasteiger partial charge in [0.25, 0.3) is 0 Å². The molecular formula is C11H15NO. The quantitative estimate of drug-likeness (QED) is 0.730. The molecule has 0 aromatic heterocycles. The first-order valence-electron chi connectivity index (χ1n) is 4.41. The van der Waals surface area contributed by atoms with E-state index < -0.39 is 0 Å². The van der Waals surface area contributed by atoms with Crippen LogP contribution in [-0.4, -0.2) is 13.0 Å². The molecule has 0 heterocycles. The molecule has 1 rings (SSSR count). The van der Waals surface area contributed by atoms with E-state index >= 15 is 0 Å². The minimum Gasteiger partial charge on any atom is -0.359 e. The number of benzene rings is 1. The molecule has 0 unspecified atom stereocenters. The zero-order valence-electron chi connectivity index (χ0n) is 8.35. The summed E-state index contributed by atoms with van der Waals surface area (Å²) in [5.41, 5.74) is 3.51. The summed E-state index contributed by atoms with van der Waals surface area (Å²) in [6, 6.07) is 6.08. The Labute approximate surface area is 79.0 Å². The van der Waals surface area contributed by atoms with E-state index in [1.807, 2.05) is 32.0 Å². The summed E-state index contributed by atoms with van der Waals surface area (Å²) in [5.74, 6) is 0.0670. The average Bonchev–Trinajstić information content (AvgIpc) is 2.11. The molecule has 1 amide bonds. The van der Waals surface area contributed by atoms with Crippen LogP contribution in [0.4, 0.5) is 0 Å². The molecule has 1 aromatic carbocycles. The number of aryl methyl sites for hydroxylation is 2. The minimum atomic E-state index is 0.0670. The molecule has 0 atom stereocenters. The number of carbonyl (C=O) groups is 1. The predicted octanol–water partition coefficient (Wildman–Crippen LogP) is 1.59. The van der Waals surface area contributed by atoms with Crippen LogP contribution in [0.15, 0.2) is 18.2 Å². The molecule has 0 fully saturated rings. The van der Waals surface area contributed by atoms with E-state index in [2.05, 4.69) is 5.32 Å². The van der Waals surface area contributed by atoms with Crippen molar-refractivity contribution in [2.45, 2.75) is 20.3 Å². The molecule has 2 heteroatoms. The van der Waals surface area contributed by atoms with Gasteiger partial charge >= 0.3 is 0 Å². The van der Waals surface area contributed by atoms with Crippen molar-refractivity contribution in [2.75, 3.05) is 7.05 Å². The molecule has 2 nitrogen and oxygen atoms in total. The van der Waals surface area contributed by atoms with Crippen LogP contribution in [0.3, 0.4) is 0 Å². The minimum absolute atomic E-state index is 0.0670. The first kappa shape index (κ1) is 9.78. The van der Waals surface area contributed by atoms with Crippen LogP contribution in [0.1, 0.15) is 16.7 Å². The summed E-state index contributed by atoms with van der Waals surface area (Å²) in [5, 5.41) is 2.63. The van der Waals surface area contributed by atoms with Gasteiger partial charge in [-0.15, -0.1) is 0 Å². The lowest BCUT2D eigenvalue weighted by Crippen LogP contribution is -2.20. The second kappa shape index (κ2) is 4.08. The summed E-state index contributed by atoms with van der Waals surface area (Å²) < 4.78 is 0. The molecule has 0 aliphatic heterocycles. The molecule has 0 saturated heterocycles. The Kier molecular flexibility index (Phi) is 3.07. The van der Waals surface area contributed by atoms with Crippen molar-refractivity contribution < 1.29 is 4.79 Å². The Morgan fingerprint density at radius 3 is 2.31 bits per heavy atom. The Hall–Kier alpha value is -1.31. The lowest BCUT2D eigenvalue weighted by molar-refractivity contribution is -0.119. The third-order valence-corrected chi connectivity index (χ3v) is 2.26. The molecule has 0 bridgehead atoms. The van der Waals surface area contributed by atoms with E-state index in [1.54, 1.807) is 7.05 Å². The maximum absolute atomic E-state index is 11.2. The third kappa shape index (κ3) is 2.31. The molecule has 1 aromatic rings. The van der Waals surface area contributed by atoms with Gasteiger partial charge in [-0.05, 0) is 30.5 Å². The van der Waals surface area contributed by atoms with Crippen molar-refractivity contribution >= 4 is 5.91 Å². The van der Waals surface area contributed by atoms with Gasteiger partial charge in [0, 0.05) is 7.05 Å². The van der Waals surface area contributed by atoms with E-state index in [0.717, 1.165) is 5.56 Å². The summed E-state index contributed by atoms with van der Waals surface area (Å²) in [6.07, 6.45) is 0.481. The molecule has 0 saturated carbocycles. The Bertz CT molecular complexity index is 298. The lowest BCUT2D eigenvalue weighted by atomic mass is 10.00. The van der Waals surface area contributed by atoms with E-state index in [4.69, 9.17) is 0 Å². The fourth-order valence-corrected chi connectivity index (χ4v) is 1.38. The Morgan fingerprint density at radius 1 is 1.31 bits per heavy atom. The number of hydrogen-bond acceptors (Lipinski definition) is 1. The largest absolute Gasteiger partial charge is 0.359 e. The molecule has 0 aliphatic rings. The van der Waals surface area contributed by atoms with Crippen molar-refractivity contribution in [3.63, 3.8) is 0 Å². The monoisotopic (exact) mass is 177 g/mol. The fraction of sp³-hybridized carbons (Fsp3) is 0.364. The van der Waals surface area contributed by atoms with Crippen LogP contribution in [0.2, 0.25) is 0 Å². The number of rotatable bonds is 2. The topological polar surface area (TPSA) is 29.1 Å². The average molecular weight is 177 g/mol. The number of carbonyl (C=O) groups excluding carboxylic acids is 1. The number of nitrogens with one attached hydrogen (secondary N) is 1. The maximum Gasteiger partial charge on any atom is 0.224 e. The highest BCUT2D eigenvalue weighted by molar-refractivity contribution is 5.79. The molecule has 13 heavy (non-hydrogen) atoms. The standard InChI is InChI=1S/C11H15NO/c1-8-5-4-6-9(2)10(8)7-11(13)12-3/h4-6H,7H2,1-3H3,(H,12,13). The van der Waals surface area contributed by atoms with Gasteiger partial charge in [-0.2, -0.15) is 0 Å². The van der Waals surface area contributed by atoms with E-state index in [-0.39, 0.29) is 5.91 Å². The Morgan fingerprint density at radius 2 is 1.85 bits per heavy atom. The Balaban J connectivity index is 2.93. The second-order valence-electron chi connectivity index (χ2n) is 3.22. The van der Waals surface area contributed by atoms with Crippen LogP contribution in [0.25, 0.3) is 0 Å². The fourth-order valence-electron chi connectivity index (χ4n) is 1.38. The van der Waals surface area contributed by atoms with Crippen molar-refractivity contribution in [2.24, 2.45) is 0 Å². The maximum atomic E-state index is 11.2. The highest BCUT2D eigenvalue weighted by atomic mass is 16.1. The van der Waals surface area contributed by atoms with Crippen LogP contribution >= 0.6 is 0 Å². The molecule has 70 valence electrons. The number of likely N-dealkylation sites (N-methyl/N-ethyl adjacent to an activating group) is 1. The van der Waals surface area contributed by atoms with Crippen molar-refractivity contribution in [3.8, 4) is 0 Å². The van der Waals surface area contributed by atoms with Gasteiger partial charge in [0.1, 0.15) is 0 Å². The van der Waals surface area contributed by atoms with Gasteiger partial charge < -0.3 is 5.32 Å². The molecule has 0 aliphatic carbocycles. The second-order valence-corrected chi connectivity index (χ2v) is 3.22. The van der Waals surface area contributed by atoms with Crippen LogP contribution in [0, 0.1) is 13.8 Å². The van der Waals surface area contributed by atoms with Crippen LogP contribution < -0.4 is 5.32 Å². The summed E-state index contributed by atoms with van der Waals surface area (Å²) >= 11 is 0. The molecule has 0 spiro atoms. The van der Waals surface area contributed by atoms with E-state index in [1.165, 1.54) is 11.1 Å². The van der Waals surface area contributed by atoms with Crippen LogP contribution in [0.5, 0.6) is 0 Å². The molecule has 1 N–H and O–H groups in total. The van der Waals surface area contributed by atoms with Gasteiger partial charge in [0.2, 0.25) is 5.91 Å². The predicted molar refractivity (Wildman–Crippen MR) is 53.7 cm³/mol. The highest BCUT2D eigenvalue weighted by Gasteiger charge is 2.05. The van der Waals surface area contributed by atoms with Gasteiger partial charge in [0.15, 0.2) is 0 Å². The third-order valence-electron chi connectivity index (χ3n) is 2.26. The number of hydrogen-bond donors (Lipinski definition) is 1. The SMILES string of the molecule is CNC(=O)Cc1c(C)cccc1C. The smallest absolute Gasteiger partial charge is 0.224 e. The van der Waals surface area contributed by atoms with E-state index in [0.29, 0.717) is 6.42 Å². The van der Waals surface area contributed by atoms with Crippen molar-refractivity contribution in [1.29, 1.82) is 0 Å². The van der Waals surface area contributed by atoms with Crippen molar-refractivity contribution in [1.82, 2.24) is 5.32 Å². The molecule has 0 radical (unpaired) electrons. The number of amides is 1. The van der Waals surface area contributed by atoms with Crippen LogP contribution in [-0.2, 0) is 11.2 Å². The van der Waals surface area contributed by atoms with Gasteiger partial charge in [-0.1, -0.05) is 18.2 Å². The summed E-state index contributed by atoms with van der Waals surface area (Å²) in [7, 11) is 1.66. The first-order chi connectivity index (χ1) is 6.15. The zero-order valence-corrected chi connectivity index (χ0v) is 8.35. The first-order valence-corrected chi connectivity index (χ1v) is 4.41. The van der Waals surface area contributed by atoms with Gasteiger partial charge in [-0.3, -0.25) is 4.79 Å². The molecular weight excluding hydrogens is 162 g/mol. The van der Waals surface area contributed by atoms with Crippen molar-refractivity contribution in [3.05, 3.63) is 34.9 Å². The zero-order chi connectivity index (χ0) is 9.84. The van der Waals surface area contributed by atoms with Gasteiger partial charge in [0.05, 0.1) is 6.42 Å². The van der Waals surface area contributed by atoms with Gasteiger partial charge in [-0.25, -0.2) is 0 Å². The lowest BCUT2D eigenvalue weighted by Gasteiger charge is -2.07. The van der Waals surface area contributed by atoms with E-state index in [9.17, 15) is 4.79 Å².